The van der Waals surface area contributed by atoms with Crippen molar-refractivity contribution in [2.24, 2.45) is 0 Å². The van der Waals surface area contributed by atoms with Gasteiger partial charge in [-0.1, -0.05) is 200 Å². The molecule has 0 radical (unpaired) electrons. The Bertz CT molecular complexity index is 6000. The van der Waals surface area contributed by atoms with Crippen LogP contribution >= 0.6 is 0 Å². The number of hydrogen-bond acceptors (Lipinski definition) is 4. The summed E-state index contributed by atoms with van der Waals surface area (Å²) < 4.78 is 318. The molecule has 0 aliphatic rings. The SMILES string of the molecule is [2H]c1c([2H])c([2H])c([Si](c2c([2H])c([2H])c([2H])c([2H])c2[2H])(c2c([2H])c([2H])c([2H])c([2H])c2[2H])c2c([2H])c([2H])c([2H])c(-c3nc(-c4ccccc4-n4c5c([2H])c([2H])c([2H])c([2H])c5c5c([2H])c([2H])c([2H])c([2H])c54)nc(-n4c5c([2H])c([2H])c([2H])c([2H])c5c5c([2H])c6oc7ccccc7c6c([2H])c54)n3)c2[2H])c([2H])c1[2H]. The summed E-state index contributed by atoms with van der Waals surface area (Å²) in [6, 6.07) is -23.3. The first-order valence-corrected chi connectivity index (χ1v) is 23.0. The molecule has 0 atom stereocenters. The third-order valence-electron chi connectivity index (χ3n) is 11.8. The predicted molar refractivity (Wildman–Crippen MR) is 290 cm³/mol. The summed E-state index contributed by atoms with van der Waals surface area (Å²) in [6.45, 7) is 0. The summed E-state index contributed by atoms with van der Waals surface area (Å²) in [6.07, 6.45) is 0. The van der Waals surface area contributed by atoms with Gasteiger partial charge in [-0.2, -0.15) is 9.97 Å². The Labute approximate surface area is 450 Å². The Morgan fingerprint density at radius 2 is 0.900 bits per heavy atom. The molecule has 6 nitrogen and oxygen atoms in total. The van der Waals surface area contributed by atoms with Gasteiger partial charge >= 0.3 is 0 Å². The third-order valence-corrected chi connectivity index (χ3v) is 15.8. The number of benzene rings is 10. The molecule has 10 aromatic carbocycles. The summed E-state index contributed by atoms with van der Waals surface area (Å²) in [5, 5.41) is -6.26. The molecule has 0 unspecified atom stereocenters. The van der Waals surface area contributed by atoms with Crippen LogP contribution in [-0.2, 0) is 0 Å². The summed E-state index contributed by atoms with van der Waals surface area (Å²) in [4.78, 5) is 14.5. The molecule has 0 aliphatic heterocycles. The van der Waals surface area contributed by atoms with Crippen molar-refractivity contribution in [3.63, 3.8) is 0 Å². The monoisotopic (exact) mass is 945 g/mol. The van der Waals surface area contributed by atoms with Gasteiger partial charge in [0.15, 0.2) is 19.7 Å². The lowest BCUT2D eigenvalue weighted by Crippen LogP contribution is -2.74. The van der Waals surface area contributed by atoms with Crippen LogP contribution in [0.1, 0.15) is 45.2 Å². The molecular weight excluding hydrogens is 871 g/mol. The molecule has 70 heavy (non-hydrogen) atoms. The zero-order chi connectivity index (χ0) is 74.9. The number of para-hydroxylation sites is 5. The fourth-order valence-electron chi connectivity index (χ4n) is 8.85. The van der Waals surface area contributed by atoms with Crippen LogP contribution in [0.25, 0.3) is 100.0 Å². The van der Waals surface area contributed by atoms with Crippen molar-refractivity contribution in [3.8, 4) is 34.4 Å². The second-order valence-electron chi connectivity index (χ2n) is 15.4. The lowest BCUT2D eigenvalue weighted by molar-refractivity contribution is 0.669. The maximum absolute atomic E-state index is 10.8. The Kier molecular flexibility index (Phi) is 4.35. The maximum atomic E-state index is 10.8. The van der Waals surface area contributed by atoms with E-state index in [1.807, 2.05) is 0 Å². The molecule has 14 aromatic rings. The van der Waals surface area contributed by atoms with Crippen LogP contribution in [-0.4, -0.2) is 32.2 Å². The van der Waals surface area contributed by atoms with Crippen molar-refractivity contribution in [2.75, 3.05) is 0 Å². The molecule has 328 valence electrons. The second-order valence-corrected chi connectivity index (χ2v) is 18.9. The normalized spacial score (nSPS) is 18.6. The van der Waals surface area contributed by atoms with Crippen molar-refractivity contribution in [3.05, 3.63) is 248 Å². The molecule has 4 aromatic heterocycles. The molecule has 4 heterocycles. The number of hydrogen-bond donors (Lipinski definition) is 0. The van der Waals surface area contributed by atoms with E-state index in [2.05, 4.69) is 0 Å². The zero-order valence-electron chi connectivity index (χ0n) is 68.3. The minimum Gasteiger partial charge on any atom is -0.456 e. The minimum atomic E-state index is -6.58. The summed E-state index contributed by atoms with van der Waals surface area (Å²) in [7, 11) is -6.58. The van der Waals surface area contributed by atoms with E-state index in [4.69, 9.17) is 39.9 Å². The van der Waals surface area contributed by atoms with E-state index < -0.39 is 290 Å². The Morgan fingerprint density at radius 1 is 0.371 bits per heavy atom. The zero-order valence-corrected chi connectivity index (χ0v) is 36.3. The van der Waals surface area contributed by atoms with Crippen LogP contribution in [0.4, 0.5) is 0 Å². The van der Waals surface area contributed by atoms with Crippen LogP contribution in [0.3, 0.4) is 0 Å². The molecule has 0 N–H and O–H groups in total. The standard InChI is InChI=1S/C63H41N5OSi/c1-4-22-43(23-5-1)70(44-24-6-2-7-25-44,45-26-8-3-9-27-45)46-28-20-21-42(39-46)61-64-62(51-33-13-18-37-57(51)67-54-34-15-10-29-47(54)48-30-11-16-35-55(48)67)66-63(65-61)68-56-36-17-12-31-49(56)52-41-60-53(40-58(52)68)50-32-14-19-38-59(50)69-60/h1-41H/i1D,2D,3D,4D,5D,6D,7D,8D,9D,10D,11D,12D,15D,16D,17D,20D,21D,22D,23D,24D,25D,26D,27D,28D,29D,30D,31D,34D,35D,36D,39D,40D,41D. The topological polar surface area (TPSA) is 61.7 Å². The van der Waals surface area contributed by atoms with Gasteiger partial charge in [0.2, 0.25) is 5.95 Å². The van der Waals surface area contributed by atoms with Crippen LogP contribution < -0.4 is 20.7 Å². The highest BCUT2D eigenvalue weighted by Gasteiger charge is 2.41. The molecule has 0 spiro atoms. The lowest BCUT2D eigenvalue weighted by Gasteiger charge is -2.34. The lowest BCUT2D eigenvalue weighted by atomic mass is 10.1. The maximum Gasteiger partial charge on any atom is 0.238 e. The Morgan fingerprint density at radius 3 is 1.56 bits per heavy atom. The van der Waals surface area contributed by atoms with E-state index in [1.54, 1.807) is 18.2 Å². The highest BCUT2D eigenvalue weighted by molar-refractivity contribution is 7.19. The molecule has 0 bridgehead atoms. The summed E-state index contributed by atoms with van der Waals surface area (Å²) in [5.74, 6) is -2.67. The highest BCUT2D eigenvalue weighted by Crippen LogP contribution is 2.40. The number of furan rings is 1. The molecule has 0 saturated carbocycles. The number of rotatable bonds is 8. The van der Waals surface area contributed by atoms with Gasteiger partial charge in [0.1, 0.15) is 11.2 Å². The van der Waals surface area contributed by atoms with Gasteiger partial charge in [-0.05, 0) is 69.2 Å². The quantitative estimate of drug-likeness (QED) is 0.112. The average molecular weight is 945 g/mol. The van der Waals surface area contributed by atoms with Crippen molar-refractivity contribution in [1.82, 2.24) is 24.1 Å². The van der Waals surface area contributed by atoms with Crippen LogP contribution in [0, 0.1) is 0 Å². The predicted octanol–water partition coefficient (Wildman–Crippen LogP) is 12.7. The molecular formula is C63H41N5OSi. The number of fused-ring (bicyclic) bond motifs is 9. The van der Waals surface area contributed by atoms with Crippen LogP contribution in [0.5, 0.6) is 0 Å². The number of aromatic nitrogens is 5. The van der Waals surface area contributed by atoms with Gasteiger partial charge in [0.05, 0.1) is 73.0 Å². The fourth-order valence-corrected chi connectivity index (χ4v) is 12.4. The van der Waals surface area contributed by atoms with Crippen LogP contribution in [0.2, 0.25) is 0 Å². The van der Waals surface area contributed by atoms with Gasteiger partial charge < -0.3 is 8.98 Å². The molecule has 0 amide bonds. The van der Waals surface area contributed by atoms with E-state index in [0.717, 1.165) is 9.13 Å². The Hall–Kier alpha value is -9.17. The smallest absolute Gasteiger partial charge is 0.238 e. The first-order valence-electron chi connectivity index (χ1n) is 37.5. The van der Waals surface area contributed by atoms with Gasteiger partial charge in [-0.3, -0.25) is 4.57 Å². The average Bonchev–Trinajstić information content (AvgIpc) is 1.45. The van der Waals surface area contributed by atoms with E-state index in [9.17, 15) is 24.7 Å². The highest BCUT2D eigenvalue weighted by atomic mass is 28.3. The largest absolute Gasteiger partial charge is 0.456 e. The van der Waals surface area contributed by atoms with E-state index in [-0.39, 0.29) is 38.6 Å². The van der Waals surface area contributed by atoms with Gasteiger partial charge in [0.25, 0.3) is 0 Å². The van der Waals surface area contributed by atoms with Crippen molar-refractivity contribution < 1.29 is 49.7 Å². The van der Waals surface area contributed by atoms with Gasteiger partial charge in [-0.15, -0.1) is 0 Å². The van der Waals surface area contributed by atoms with Crippen molar-refractivity contribution in [2.45, 2.75) is 0 Å². The molecule has 0 saturated heterocycles. The minimum absolute atomic E-state index is 0.0570. The molecule has 0 aliphatic carbocycles. The first kappa shape index (κ1) is 19.1. The summed E-state index contributed by atoms with van der Waals surface area (Å²) in [5.41, 5.74) is -3.73. The fraction of sp³-hybridized carbons (Fsp3) is 0. The molecule has 7 heteroatoms. The first-order chi connectivity index (χ1) is 48.4. The third kappa shape index (κ3) is 6.08. The Balaban J connectivity index is 1.26. The van der Waals surface area contributed by atoms with Crippen LogP contribution in [0.15, 0.2) is 252 Å². The van der Waals surface area contributed by atoms with Crippen molar-refractivity contribution >= 4 is 94.4 Å². The van der Waals surface area contributed by atoms with Gasteiger partial charge in [-0.25, -0.2) is 4.98 Å². The van der Waals surface area contributed by atoms with E-state index in [0.29, 0.717) is 0 Å². The number of nitrogens with zero attached hydrogens (tertiary/aromatic N) is 5. The van der Waals surface area contributed by atoms with E-state index in [1.165, 1.54) is 30.3 Å². The van der Waals surface area contributed by atoms with E-state index >= 15 is 0 Å². The summed E-state index contributed by atoms with van der Waals surface area (Å²) >= 11 is 0. The molecule has 14 rings (SSSR count). The van der Waals surface area contributed by atoms with Gasteiger partial charge in [0, 0.05) is 43.4 Å². The second kappa shape index (κ2) is 16.0. The van der Waals surface area contributed by atoms with Crippen molar-refractivity contribution in [1.29, 1.82) is 0 Å². The molecule has 0 fully saturated rings.